The maximum atomic E-state index is 6.02. The Hall–Kier alpha value is -1.61. The summed E-state index contributed by atoms with van der Waals surface area (Å²) in [5.74, 6) is 1.87. The van der Waals surface area contributed by atoms with Crippen molar-refractivity contribution in [3.05, 3.63) is 41.9 Å². The normalized spacial score (nSPS) is 18.3. The molecule has 0 radical (unpaired) electrons. The SMILES string of the molecule is CC(C)Cc1ccc(-c2cn3c(n2)CCC(N)C3)cc1. The van der Waals surface area contributed by atoms with E-state index < -0.39 is 0 Å². The summed E-state index contributed by atoms with van der Waals surface area (Å²) in [7, 11) is 0. The quantitative estimate of drug-likeness (QED) is 0.930. The lowest BCUT2D eigenvalue weighted by molar-refractivity contribution is 0.453. The Morgan fingerprint density at radius 2 is 2.05 bits per heavy atom. The number of benzene rings is 1. The van der Waals surface area contributed by atoms with Gasteiger partial charge in [-0.05, 0) is 24.3 Å². The second kappa shape index (κ2) is 5.41. The molecule has 0 saturated heterocycles. The number of aromatic nitrogens is 2. The first-order valence-electron chi connectivity index (χ1n) is 7.53. The van der Waals surface area contributed by atoms with Crippen molar-refractivity contribution in [1.82, 2.24) is 9.55 Å². The van der Waals surface area contributed by atoms with Crippen molar-refractivity contribution in [3.8, 4) is 11.3 Å². The van der Waals surface area contributed by atoms with Gasteiger partial charge in [0.05, 0.1) is 5.69 Å². The van der Waals surface area contributed by atoms with Crippen LogP contribution in [0.5, 0.6) is 0 Å². The minimum atomic E-state index is 0.276. The molecule has 1 unspecified atom stereocenters. The van der Waals surface area contributed by atoms with Gasteiger partial charge >= 0.3 is 0 Å². The number of nitrogens with two attached hydrogens (primary N) is 1. The van der Waals surface area contributed by atoms with Gasteiger partial charge in [-0.25, -0.2) is 4.98 Å². The minimum Gasteiger partial charge on any atom is -0.333 e. The molecule has 2 N–H and O–H groups in total. The van der Waals surface area contributed by atoms with Gasteiger partial charge in [-0.2, -0.15) is 0 Å². The van der Waals surface area contributed by atoms with Crippen LogP contribution in [0.4, 0.5) is 0 Å². The van der Waals surface area contributed by atoms with Crippen molar-refractivity contribution < 1.29 is 0 Å². The Labute approximate surface area is 120 Å². The Balaban J connectivity index is 1.82. The smallest absolute Gasteiger partial charge is 0.109 e. The lowest BCUT2D eigenvalue weighted by Gasteiger charge is -2.19. The molecule has 0 bridgehead atoms. The number of fused-ring (bicyclic) bond motifs is 1. The molecule has 1 atom stereocenters. The molecule has 3 heteroatoms. The van der Waals surface area contributed by atoms with Crippen LogP contribution in [0.1, 0.15) is 31.7 Å². The molecule has 2 heterocycles. The summed E-state index contributed by atoms with van der Waals surface area (Å²) in [6.45, 7) is 5.40. The molecule has 3 rings (SSSR count). The standard InChI is InChI=1S/C17H23N3/c1-12(2)9-13-3-5-14(6-4-13)16-11-20-10-15(18)7-8-17(20)19-16/h3-6,11-12,15H,7-10,18H2,1-2H3. The number of nitrogens with zero attached hydrogens (tertiary/aromatic N) is 2. The monoisotopic (exact) mass is 269 g/mol. The fraction of sp³-hybridized carbons (Fsp3) is 0.471. The van der Waals surface area contributed by atoms with E-state index in [1.165, 1.54) is 17.0 Å². The van der Waals surface area contributed by atoms with Crippen molar-refractivity contribution in [2.75, 3.05) is 0 Å². The van der Waals surface area contributed by atoms with Crippen LogP contribution in [-0.2, 0) is 19.4 Å². The largest absolute Gasteiger partial charge is 0.333 e. The van der Waals surface area contributed by atoms with Crippen LogP contribution in [0.2, 0.25) is 0 Å². The summed E-state index contributed by atoms with van der Waals surface area (Å²) < 4.78 is 2.21. The van der Waals surface area contributed by atoms with Crippen LogP contribution in [0.15, 0.2) is 30.5 Å². The van der Waals surface area contributed by atoms with Crippen molar-refractivity contribution in [2.45, 2.75) is 45.7 Å². The molecule has 0 amide bonds. The Kier molecular flexibility index (Phi) is 3.62. The van der Waals surface area contributed by atoms with Crippen molar-refractivity contribution in [2.24, 2.45) is 11.7 Å². The summed E-state index contributed by atoms with van der Waals surface area (Å²) in [4.78, 5) is 4.75. The van der Waals surface area contributed by atoms with Crippen LogP contribution in [0.3, 0.4) is 0 Å². The third kappa shape index (κ3) is 2.78. The lowest BCUT2D eigenvalue weighted by Crippen LogP contribution is -2.31. The Bertz CT molecular complexity index is 581. The van der Waals surface area contributed by atoms with Gasteiger partial charge < -0.3 is 10.3 Å². The molecule has 1 aromatic heterocycles. The van der Waals surface area contributed by atoms with Gasteiger partial charge in [-0.15, -0.1) is 0 Å². The predicted molar refractivity (Wildman–Crippen MR) is 82.5 cm³/mol. The van der Waals surface area contributed by atoms with Crippen LogP contribution in [0.25, 0.3) is 11.3 Å². The second-order valence-corrected chi connectivity index (χ2v) is 6.29. The van der Waals surface area contributed by atoms with E-state index in [4.69, 9.17) is 10.7 Å². The van der Waals surface area contributed by atoms with Crippen molar-refractivity contribution >= 4 is 0 Å². The zero-order valence-electron chi connectivity index (χ0n) is 12.3. The first-order chi connectivity index (χ1) is 9.61. The van der Waals surface area contributed by atoms with E-state index >= 15 is 0 Å². The second-order valence-electron chi connectivity index (χ2n) is 6.29. The molecule has 2 aromatic rings. The average molecular weight is 269 g/mol. The fourth-order valence-electron chi connectivity index (χ4n) is 2.89. The van der Waals surface area contributed by atoms with Gasteiger partial charge in [0.15, 0.2) is 0 Å². The van der Waals surface area contributed by atoms with E-state index in [0.29, 0.717) is 5.92 Å². The molecule has 0 aliphatic carbocycles. The summed E-state index contributed by atoms with van der Waals surface area (Å²) in [6.07, 6.45) is 5.32. The summed E-state index contributed by atoms with van der Waals surface area (Å²) in [5, 5.41) is 0. The predicted octanol–water partition coefficient (Wildman–Crippen LogP) is 3.02. The fourth-order valence-corrected chi connectivity index (χ4v) is 2.89. The van der Waals surface area contributed by atoms with E-state index in [0.717, 1.165) is 31.5 Å². The molecule has 1 aromatic carbocycles. The van der Waals surface area contributed by atoms with Crippen LogP contribution in [-0.4, -0.2) is 15.6 Å². The van der Waals surface area contributed by atoms with Crippen molar-refractivity contribution in [3.63, 3.8) is 0 Å². The van der Waals surface area contributed by atoms with Crippen LogP contribution < -0.4 is 5.73 Å². The van der Waals surface area contributed by atoms with Gasteiger partial charge in [-0.1, -0.05) is 38.1 Å². The molecule has 0 saturated carbocycles. The topological polar surface area (TPSA) is 43.8 Å². The number of rotatable bonds is 3. The molecule has 20 heavy (non-hydrogen) atoms. The molecule has 106 valence electrons. The highest BCUT2D eigenvalue weighted by atomic mass is 15.1. The molecular weight excluding hydrogens is 246 g/mol. The number of hydrogen-bond acceptors (Lipinski definition) is 2. The van der Waals surface area contributed by atoms with Gasteiger partial charge in [0.1, 0.15) is 5.82 Å². The van der Waals surface area contributed by atoms with Gasteiger partial charge in [0.25, 0.3) is 0 Å². The maximum Gasteiger partial charge on any atom is 0.109 e. The summed E-state index contributed by atoms with van der Waals surface area (Å²) in [6, 6.07) is 9.09. The highest BCUT2D eigenvalue weighted by Gasteiger charge is 2.17. The molecule has 0 spiro atoms. The van der Waals surface area contributed by atoms with Gasteiger partial charge in [0.2, 0.25) is 0 Å². The van der Waals surface area contributed by atoms with Gasteiger partial charge in [-0.3, -0.25) is 0 Å². The first-order valence-corrected chi connectivity index (χ1v) is 7.53. The van der Waals surface area contributed by atoms with Crippen LogP contribution >= 0.6 is 0 Å². The van der Waals surface area contributed by atoms with E-state index in [-0.39, 0.29) is 6.04 Å². The summed E-state index contributed by atoms with van der Waals surface area (Å²) in [5.41, 5.74) is 9.69. The zero-order valence-corrected chi connectivity index (χ0v) is 12.3. The third-order valence-corrected chi connectivity index (χ3v) is 3.92. The Morgan fingerprint density at radius 3 is 2.75 bits per heavy atom. The first kappa shape index (κ1) is 13.4. The number of imidazole rings is 1. The molecular formula is C17H23N3. The Morgan fingerprint density at radius 1 is 1.30 bits per heavy atom. The van der Waals surface area contributed by atoms with Crippen molar-refractivity contribution in [1.29, 1.82) is 0 Å². The number of aryl methyl sites for hydroxylation is 1. The average Bonchev–Trinajstić information content (AvgIpc) is 2.81. The number of hydrogen-bond donors (Lipinski definition) is 1. The van der Waals surface area contributed by atoms with Gasteiger partial charge in [0, 0.05) is 30.8 Å². The lowest BCUT2D eigenvalue weighted by atomic mass is 10.0. The zero-order chi connectivity index (χ0) is 14.1. The molecule has 0 fully saturated rings. The summed E-state index contributed by atoms with van der Waals surface area (Å²) >= 11 is 0. The minimum absolute atomic E-state index is 0.276. The maximum absolute atomic E-state index is 6.02. The van der Waals surface area contributed by atoms with E-state index in [1.807, 2.05) is 0 Å². The highest BCUT2D eigenvalue weighted by Crippen LogP contribution is 2.23. The molecule has 1 aliphatic rings. The molecule has 3 nitrogen and oxygen atoms in total. The highest BCUT2D eigenvalue weighted by molar-refractivity contribution is 5.59. The van der Waals surface area contributed by atoms with Crippen LogP contribution in [0, 0.1) is 5.92 Å². The van der Waals surface area contributed by atoms with E-state index in [2.05, 4.69) is 48.9 Å². The van der Waals surface area contributed by atoms with E-state index in [1.54, 1.807) is 0 Å². The van der Waals surface area contributed by atoms with E-state index in [9.17, 15) is 0 Å². The molecule has 1 aliphatic heterocycles. The third-order valence-electron chi connectivity index (χ3n) is 3.92.